The molecule has 178 valence electrons. The molecule has 0 saturated carbocycles. The molecule has 0 saturated heterocycles. The van der Waals surface area contributed by atoms with E-state index in [4.69, 9.17) is 11.6 Å². The number of hydrogen-bond acceptors (Lipinski definition) is 6. The molecule has 0 bridgehead atoms. The van der Waals surface area contributed by atoms with Crippen LogP contribution in [-0.2, 0) is 35.1 Å². The maximum atomic E-state index is 12.8. The van der Waals surface area contributed by atoms with E-state index in [9.17, 15) is 36.0 Å². The smallest absolute Gasteiger partial charge is 0.416 e. The summed E-state index contributed by atoms with van der Waals surface area (Å²) in [5.74, 6) is -2.89. The van der Waals surface area contributed by atoms with Gasteiger partial charge in [0.2, 0.25) is 5.91 Å². The molecule has 0 spiro atoms. The molecule has 2 aromatic rings. The quantitative estimate of drug-likeness (QED) is 0.527. The monoisotopic (exact) mass is 506 g/mol. The van der Waals surface area contributed by atoms with E-state index in [-0.39, 0.29) is 21.5 Å². The minimum Gasteiger partial charge on any atom is -0.456 e. The predicted octanol–water partition coefficient (Wildman–Crippen LogP) is 3.66. The van der Waals surface area contributed by atoms with Gasteiger partial charge in [0, 0.05) is 12.6 Å². The summed E-state index contributed by atoms with van der Waals surface area (Å²) < 4.78 is 67.6. The summed E-state index contributed by atoms with van der Waals surface area (Å²) in [6.07, 6.45) is -5.21. The standard InChI is InChI=1S/C20H18ClF3N2O6S/c1-12(27)25-14-3-5-15(6-4-14)33(30,31)9-8-19(29)32-11-18(28)26-17-10-13(20(22,23)24)2-7-16(17)21/h2-7,10H,8-9,11H2,1H3,(H,25,27)(H,26,28). The van der Waals surface area contributed by atoms with Gasteiger partial charge in [0.25, 0.3) is 5.91 Å². The van der Waals surface area contributed by atoms with Crippen LogP contribution in [0.2, 0.25) is 5.02 Å². The Bertz CT molecular complexity index is 1150. The molecule has 0 atom stereocenters. The van der Waals surface area contributed by atoms with E-state index in [1.54, 1.807) is 0 Å². The molecule has 0 unspecified atom stereocenters. The third-order valence-corrected chi connectivity index (χ3v) is 6.10. The van der Waals surface area contributed by atoms with Crippen LogP contribution < -0.4 is 10.6 Å². The Kier molecular flexibility index (Phi) is 8.45. The van der Waals surface area contributed by atoms with Crippen molar-refractivity contribution in [2.75, 3.05) is 23.0 Å². The average Bonchev–Trinajstić information content (AvgIpc) is 2.71. The molecule has 2 amide bonds. The molecule has 0 fully saturated rings. The number of rotatable bonds is 8. The molecule has 2 rings (SSSR count). The van der Waals surface area contributed by atoms with Crippen LogP contribution in [0.1, 0.15) is 18.9 Å². The first-order valence-electron chi connectivity index (χ1n) is 9.20. The van der Waals surface area contributed by atoms with Crippen molar-refractivity contribution in [2.24, 2.45) is 0 Å². The van der Waals surface area contributed by atoms with Crippen LogP contribution >= 0.6 is 11.6 Å². The van der Waals surface area contributed by atoms with Crippen LogP contribution in [0.3, 0.4) is 0 Å². The molecule has 0 aliphatic carbocycles. The highest BCUT2D eigenvalue weighted by Crippen LogP contribution is 2.33. The van der Waals surface area contributed by atoms with E-state index < -0.39 is 52.2 Å². The second-order valence-corrected chi connectivity index (χ2v) is 9.19. The summed E-state index contributed by atoms with van der Waals surface area (Å²) in [6, 6.07) is 7.62. The Morgan fingerprint density at radius 1 is 1.03 bits per heavy atom. The molecule has 0 aliphatic rings. The van der Waals surface area contributed by atoms with Crippen molar-refractivity contribution in [3.63, 3.8) is 0 Å². The van der Waals surface area contributed by atoms with E-state index in [1.807, 2.05) is 0 Å². The number of hydrogen-bond donors (Lipinski definition) is 2. The fraction of sp³-hybridized carbons (Fsp3) is 0.250. The zero-order chi connectivity index (χ0) is 24.8. The van der Waals surface area contributed by atoms with Crippen molar-refractivity contribution in [3.8, 4) is 0 Å². The van der Waals surface area contributed by atoms with Gasteiger partial charge in [0.1, 0.15) is 0 Å². The predicted molar refractivity (Wildman–Crippen MR) is 113 cm³/mol. The van der Waals surface area contributed by atoms with Crippen molar-refractivity contribution in [2.45, 2.75) is 24.4 Å². The fourth-order valence-corrected chi connectivity index (χ4v) is 3.87. The zero-order valence-corrected chi connectivity index (χ0v) is 18.6. The number of ether oxygens (including phenoxy) is 1. The maximum Gasteiger partial charge on any atom is 0.416 e. The molecule has 33 heavy (non-hydrogen) atoms. The minimum atomic E-state index is -4.65. The summed E-state index contributed by atoms with van der Waals surface area (Å²) in [5, 5.41) is 4.43. The van der Waals surface area contributed by atoms with Gasteiger partial charge in [-0.2, -0.15) is 13.2 Å². The first kappa shape index (κ1) is 26.1. The van der Waals surface area contributed by atoms with Gasteiger partial charge < -0.3 is 15.4 Å². The van der Waals surface area contributed by atoms with E-state index >= 15 is 0 Å². The summed E-state index contributed by atoms with van der Waals surface area (Å²) in [7, 11) is -3.85. The number of benzene rings is 2. The molecule has 13 heteroatoms. The van der Waals surface area contributed by atoms with Crippen molar-refractivity contribution < 1.29 is 40.7 Å². The first-order valence-corrected chi connectivity index (χ1v) is 11.2. The lowest BCUT2D eigenvalue weighted by molar-refractivity contribution is -0.146. The first-order chi connectivity index (χ1) is 15.3. The van der Waals surface area contributed by atoms with Gasteiger partial charge in [-0.25, -0.2) is 8.42 Å². The summed E-state index contributed by atoms with van der Waals surface area (Å²) in [4.78, 5) is 34.6. The molecule has 0 heterocycles. The average molecular weight is 507 g/mol. The van der Waals surface area contributed by atoms with Crippen LogP contribution in [-0.4, -0.2) is 38.6 Å². The van der Waals surface area contributed by atoms with E-state index in [2.05, 4.69) is 15.4 Å². The number of alkyl halides is 3. The van der Waals surface area contributed by atoms with Gasteiger partial charge in [0.05, 0.1) is 33.3 Å². The summed E-state index contributed by atoms with van der Waals surface area (Å²) in [5.41, 5.74) is -0.958. The normalized spacial score (nSPS) is 11.5. The number of sulfone groups is 1. The number of anilines is 2. The van der Waals surface area contributed by atoms with Gasteiger partial charge >= 0.3 is 12.1 Å². The highest BCUT2D eigenvalue weighted by atomic mass is 35.5. The van der Waals surface area contributed by atoms with Crippen LogP contribution in [0, 0.1) is 0 Å². The topological polar surface area (TPSA) is 119 Å². The second-order valence-electron chi connectivity index (χ2n) is 6.68. The number of carbonyl (C=O) groups is 3. The Hall–Kier alpha value is -3.12. The largest absolute Gasteiger partial charge is 0.456 e. The minimum absolute atomic E-state index is 0.0821. The Morgan fingerprint density at radius 2 is 1.67 bits per heavy atom. The Morgan fingerprint density at radius 3 is 2.24 bits per heavy atom. The number of esters is 1. The summed E-state index contributed by atoms with van der Waals surface area (Å²) in [6.45, 7) is 0.446. The van der Waals surface area contributed by atoms with Gasteiger partial charge in [-0.1, -0.05) is 11.6 Å². The lowest BCUT2D eigenvalue weighted by Gasteiger charge is -2.12. The molecule has 2 aromatic carbocycles. The summed E-state index contributed by atoms with van der Waals surface area (Å²) >= 11 is 5.77. The zero-order valence-electron chi connectivity index (χ0n) is 17.0. The molecule has 0 aliphatic heterocycles. The maximum absolute atomic E-state index is 12.8. The Balaban J connectivity index is 1.87. The van der Waals surface area contributed by atoms with E-state index in [1.165, 1.54) is 31.2 Å². The van der Waals surface area contributed by atoms with Crippen molar-refractivity contribution in [3.05, 3.63) is 53.1 Å². The van der Waals surface area contributed by atoms with Crippen LogP contribution in [0.25, 0.3) is 0 Å². The molecule has 0 radical (unpaired) electrons. The fourth-order valence-electron chi connectivity index (χ4n) is 2.49. The molecular weight excluding hydrogens is 489 g/mol. The lowest BCUT2D eigenvalue weighted by Crippen LogP contribution is -2.22. The van der Waals surface area contributed by atoms with Crippen molar-refractivity contribution in [1.82, 2.24) is 0 Å². The Labute approximate surface area is 192 Å². The van der Waals surface area contributed by atoms with E-state index in [0.717, 1.165) is 12.1 Å². The van der Waals surface area contributed by atoms with E-state index in [0.29, 0.717) is 11.8 Å². The lowest BCUT2D eigenvalue weighted by atomic mass is 10.2. The van der Waals surface area contributed by atoms with Crippen molar-refractivity contribution >= 4 is 50.6 Å². The van der Waals surface area contributed by atoms with Gasteiger partial charge in [-0.15, -0.1) is 0 Å². The number of halogens is 4. The molecule has 0 aromatic heterocycles. The van der Waals surface area contributed by atoms with Crippen LogP contribution in [0.5, 0.6) is 0 Å². The highest BCUT2D eigenvalue weighted by Gasteiger charge is 2.31. The van der Waals surface area contributed by atoms with Gasteiger partial charge in [-0.3, -0.25) is 14.4 Å². The molecular formula is C20H18ClF3N2O6S. The van der Waals surface area contributed by atoms with Crippen LogP contribution in [0.15, 0.2) is 47.4 Å². The highest BCUT2D eigenvalue weighted by molar-refractivity contribution is 7.91. The van der Waals surface area contributed by atoms with Crippen LogP contribution in [0.4, 0.5) is 24.5 Å². The van der Waals surface area contributed by atoms with Gasteiger partial charge in [-0.05, 0) is 42.5 Å². The second kappa shape index (κ2) is 10.7. The molecule has 8 nitrogen and oxygen atoms in total. The number of amides is 2. The third-order valence-electron chi connectivity index (χ3n) is 4.04. The van der Waals surface area contributed by atoms with Crippen molar-refractivity contribution in [1.29, 1.82) is 0 Å². The number of carbonyl (C=O) groups excluding carboxylic acids is 3. The third kappa shape index (κ3) is 8.06. The molecule has 2 N–H and O–H groups in total. The van der Waals surface area contributed by atoms with Gasteiger partial charge in [0.15, 0.2) is 16.4 Å². The SMILES string of the molecule is CC(=O)Nc1ccc(S(=O)(=O)CCC(=O)OCC(=O)Nc2cc(C(F)(F)F)ccc2Cl)cc1. The number of nitrogens with one attached hydrogen (secondary N) is 2.